The summed E-state index contributed by atoms with van der Waals surface area (Å²) in [4.78, 5) is 8.82. The van der Waals surface area contributed by atoms with E-state index in [4.69, 9.17) is 4.74 Å². The van der Waals surface area contributed by atoms with Crippen molar-refractivity contribution in [3.63, 3.8) is 0 Å². The van der Waals surface area contributed by atoms with Crippen LogP contribution in [0, 0.1) is 0 Å². The van der Waals surface area contributed by atoms with Crippen LogP contribution in [0.5, 0.6) is 5.88 Å². The Kier molecular flexibility index (Phi) is 9.89. The standard InChI is InChI=1S/C18H26N4O2S.HI/c1-4-19-17(22-13-18(3,23)15-8-10-25-12-15)21-11-14-7-6-9-20-16(14)24-5-2;/h6-10,12,23H,4-5,11,13H2,1-3H3,(H2,19,21,22);1H. The number of aliphatic imine (C=N–C) groups is 1. The number of nitrogens with one attached hydrogen (secondary N) is 2. The minimum atomic E-state index is -0.957. The highest BCUT2D eigenvalue weighted by Crippen LogP contribution is 2.22. The number of halogens is 1. The monoisotopic (exact) mass is 490 g/mol. The predicted octanol–water partition coefficient (Wildman–Crippen LogP) is 3.12. The molecule has 2 aromatic heterocycles. The molecule has 3 N–H and O–H groups in total. The van der Waals surface area contributed by atoms with E-state index >= 15 is 0 Å². The molecule has 0 aliphatic heterocycles. The second-order valence-electron chi connectivity index (χ2n) is 5.74. The first-order chi connectivity index (χ1) is 12.1. The highest BCUT2D eigenvalue weighted by Gasteiger charge is 2.23. The quantitative estimate of drug-likeness (QED) is 0.301. The molecule has 0 saturated heterocycles. The van der Waals surface area contributed by atoms with Gasteiger partial charge in [-0.25, -0.2) is 9.98 Å². The fourth-order valence-electron chi connectivity index (χ4n) is 2.25. The van der Waals surface area contributed by atoms with Crippen molar-refractivity contribution in [2.24, 2.45) is 4.99 Å². The number of pyridine rings is 1. The molecular formula is C18H27IN4O2S. The Balaban J connectivity index is 0.00000338. The third-order valence-corrected chi connectivity index (χ3v) is 4.31. The van der Waals surface area contributed by atoms with Crippen LogP contribution in [0.15, 0.2) is 40.1 Å². The van der Waals surface area contributed by atoms with E-state index in [1.54, 1.807) is 24.5 Å². The lowest BCUT2D eigenvalue weighted by Gasteiger charge is -2.24. The molecule has 2 rings (SSSR count). The number of rotatable bonds is 8. The lowest BCUT2D eigenvalue weighted by molar-refractivity contribution is 0.0621. The molecule has 0 bridgehead atoms. The minimum Gasteiger partial charge on any atom is -0.478 e. The molecule has 0 aromatic carbocycles. The van der Waals surface area contributed by atoms with Gasteiger partial charge in [0.1, 0.15) is 5.60 Å². The molecule has 1 unspecified atom stereocenters. The number of hydrogen-bond donors (Lipinski definition) is 3. The van der Waals surface area contributed by atoms with Crippen molar-refractivity contribution in [3.05, 3.63) is 46.3 Å². The van der Waals surface area contributed by atoms with Crippen molar-refractivity contribution in [1.82, 2.24) is 15.6 Å². The first-order valence-corrected chi connectivity index (χ1v) is 9.35. The van der Waals surface area contributed by atoms with Crippen LogP contribution >= 0.6 is 35.3 Å². The normalized spacial score (nSPS) is 13.5. The molecule has 2 heterocycles. The summed E-state index contributed by atoms with van der Waals surface area (Å²) in [5.74, 6) is 1.25. The van der Waals surface area contributed by atoms with E-state index in [0.717, 1.165) is 17.7 Å². The topological polar surface area (TPSA) is 78.8 Å². The van der Waals surface area contributed by atoms with Crippen LogP contribution < -0.4 is 15.4 Å². The van der Waals surface area contributed by atoms with Crippen LogP contribution in [0.1, 0.15) is 31.9 Å². The average molecular weight is 490 g/mol. The number of aliphatic hydroxyl groups is 1. The van der Waals surface area contributed by atoms with E-state index in [0.29, 0.717) is 31.5 Å². The van der Waals surface area contributed by atoms with E-state index in [2.05, 4.69) is 20.6 Å². The summed E-state index contributed by atoms with van der Waals surface area (Å²) in [5, 5.41) is 20.9. The van der Waals surface area contributed by atoms with E-state index in [-0.39, 0.29) is 24.0 Å². The smallest absolute Gasteiger partial charge is 0.218 e. The van der Waals surface area contributed by atoms with Crippen LogP contribution in [-0.2, 0) is 12.1 Å². The molecule has 2 aromatic rings. The number of nitrogens with zero attached hydrogens (tertiary/aromatic N) is 2. The summed E-state index contributed by atoms with van der Waals surface area (Å²) in [6.45, 7) is 7.83. The number of aromatic nitrogens is 1. The summed E-state index contributed by atoms with van der Waals surface area (Å²) in [5.41, 5.74) is 0.860. The van der Waals surface area contributed by atoms with Gasteiger partial charge < -0.3 is 20.5 Å². The first kappa shape index (κ1) is 22.7. The van der Waals surface area contributed by atoms with Gasteiger partial charge in [0.05, 0.1) is 19.7 Å². The van der Waals surface area contributed by atoms with Gasteiger partial charge in [0.15, 0.2) is 5.96 Å². The van der Waals surface area contributed by atoms with Crippen molar-refractivity contribution < 1.29 is 9.84 Å². The maximum atomic E-state index is 10.6. The molecular weight excluding hydrogens is 463 g/mol. The summed E-state index contributed by atoms with van der Waals surface area (Å²) in [7, 11) is 0. The highest BCUT2D eigenvalue weighted by molar-refractivity contribution is 14.0. The summed E-state index contributed by atoms with van der Waals surface area (Å²) in [6.07, 6.45) is 1.71. The summed E-state index contributed by atoms with van der Waals surface area (Å²) in [6, 6.07) is 5.75. The molecule has 0 saturated carbocycles. The molecule has 0 aliphatic carbocycles. The lowest BCUT2D eigenvalue weighted by Crippen LogP contribution is -2.44. The van der Waals surface area contributed by atoms with Crippen LogP contribution in [0.3, 0.4) is 0 Å². The Morgan fingerprint density at radius 2 is 2.15 bits per heavy atom. The van der Waals surface area contributed by atoms with Crippen LogP contribution in [0.25, 0.3) is 0 Å². The van der Waals surface area contributed by atoms with Crippen molar-refractivity contribution in [3.8, 4) is 5.88 Å². The molecule has 1 atom stereocenters. The van der Waals surface area contributed by atoms with Gasteiger partial charge in [0.25, 0.3) is 0 Å². The zero-order valence-corrected chi connectivity index (χ0v) is 18.5. The number of thiophene rings is 1. The Hall–Kier alpha value is -1.39. The number of guanidine groups is 1. The lowest BCUT2D eigenvalue weighted by atomic mass is 9.99. The largest absolute Gasteiger partial charge is 0.478 e. The van der Waals surface area contributed by atoms with E-state index in [1.165, 1.54) is 0 Å². The molecule has 144 valence electrons. The van der Waals surface area contributed by atoms with E-state index < -0.39 is 5.60 Å². The minimum absolute atomic E-state index is 0. The third-order valence-electron chi connectivity index (χ3n) is 3.63. The van der Waals surface area contributed by atoms with Gasteiger partial charge >= 0.3 is 0 Å². The molecule has 0 radical (unpaired) electrons. The summed E-state index contributed by atoms with van der Waals surface area (Å²) < 4.78 is 5.53. The van der Waals surface area contributed by atoms with Crippen LogP contribution in [0.2, 0.25) is 0 Å². The highest BCUT2D eigenvalue weighted by atomic mass is 127. The van der Waals surface area contributed by atoms with Gasteiger partial charge in [0.2, 0.25) is 5.88 Å². The number of hydrogen-bond acceptors (Lipinski definition) is 5. The van der Waals surface area contributed by atoms with Crippen LogP contribution in [0.4, 0.5) is 0 Å². The SMILES string of the molecule is CCNC(=NCc1cccnc1OCC)NCC(C)(O)c1ccsc1.I. The van der Waals surface area contributed by atoms with E-state index in [1.807, 2.05) is 42.8 Å². The molecule has 0 spiro atoms. The molecule has 0 amide bonds. The maximum Gasteiger partial charge on any atom is 0.218 e. The fraction of sp³-hybridized carbons (Fsp3) is 0.444. The van der Waals surface area contributed by atoms with Gasteiger partial charge in [-0.2, -0.15) is 11.3 Å². The first-order valence-electron chi connectivity index (χ1n) is 8.40. The zero-order chi connectivity index (χ0) is 18.1. The molecule has 0 fully saturated rings. The van der Waals surface area contributed by atoms with Gasteiger partial charge in [-0.05, 0) is 49.2 Å². The Labute approximate surface area is 176 Å². The van der Waals surface area contributed by atoms with Gasteiger partial charge in [0, 0.05) is 18.3 Å². The van der Waals surface area contributed by atoms with Gasteiger partial charge in [-0.3, -0.25) is 0 Å². The van der Waals surface area contributed by atoms with Crippen molar-refractivity contribution >= 4 is 41.3 Å². The second-order valence-corrected chi connectivity index (χ2v) is 6.52. The number of ether oxygens (including phenoxy) is 1. The fourth-order valence-corrected chi connectivity index (χ4v) is 3.03. The Bertz CT molecular complexity index is 678. The van der Waals surface area contributed by atoms with Crippen molar-refractivity contribution in [2.45, 2.75) is 32.9 Å². The molecule has 0 aliphatic rings. The van der Waals surface area contributed by atoms with Gasteiger partial charge in [-0.1, -0.05) is 6.07 Å². The van der Waals surface area contributed by atoms with Crippen molar-refractivity contribution in [2.75, 3.05) is 19.7 Å². The average Bonchev–Trinajstić information content (AvgIpc) is 3.14. The molecule has 6 nitrogen and oxygen atoms in total. The van der Waals surface area contributed by atoms with Gasteiger partial charge in [-0.15, -0.1) is 24.0 Å². The maximum absolute atomic E-state index is 10.6. The van der Waals surface area contributed by atoms with Crippen LogP contribution in [-0.4, -0.2) is 35.7 Å². The van der Waals surface area contributed by atoms with E-state index in [9.17, 15) is 5.11 Å². The second kappa shape index (κ2) is 11.3. The molecule has 8 heteroatoms. The predicted molar refractivity (Wildman–Crippen MR) is 118 cm³/mol. The third kappa shape index (κ3) is 6.73. The Morgan fingerprint density at radius 1 is 1.35 bits per heavy atom. The van der Waals surface area contributed by atoms with Crippen molar-refractivity contribution in [1.29, 1.82) is 0 Å². The summed E-state index contributed by atoms with van der Waals surface area (Å²) >= 11 is 1.57. The Morgan fingerprint density at radius 3 is 2.81 bits per heavy atom. The zero-order valence-electron chi connectivity index (χ0n) is 15.4. The molecule has 26 heavy (non-hydrogen) atoms.